The minimum atomic E-state index is -0.139. The average Bonchev–Trinajstić information content (AvgIpc) is 2.81. The van der Waals surface area contributed by atoms with Crippen LogP contribution in [0.5, 0.6) is 5.75 Å². The van der Waals surface area contributed by atoms with Crippen LogP contribution in [0.25, 0.3) is 0 Å². The minimum absolute atomic E-state index is 0.139. The Kier molecular flexibility index (Phi) is 4.45. The molecular weight excluding hydrogens is 286 g/mol. The van der Waals surface area contributed by atoms with Crippen molar-refractivity contribution >= 4 is 27.8 Å². The number of carbonyl (C=O) groups is 1. The van der Waals surface area contributed by atoms with Gasteiger partial charge in [0.05, 0.1) is 17.7 Å². The van der Waals surface area contributed by atoms with Gasteiger partial charge >= 0.3 is 0 Å². The maximum atomic E-state index is 11.5. The Balaban J connectivity index is 2.26. The molecule has 0 aliphatic heterocycles. The van der Waals surface area contributed by atoms with Gasteiger partial charge in [-0.1, -0.05) is 18.2 Å². The Morgan fingerprint density at radius 1 is 1.48 bits per heavy atom. The summed E-state index contributed by atoms with van der Waals surface area (Å²) in [7, 11) is 1.61. The zero-order valence-electron chi connectivity index (χ0n) is 11.8. The Hall–Kier alpha value is -2.52. The number of ketones is 1. The average molecular weight is 301 g/mol. The van der Waals surface area contributed by atoms with Gasteiger partial charge < -0.3 is 15.8 Å². The first-order valence-corrected chi connectivity index (χ1v) is 7.09. The minimum Gasteiger partial charge on any atom is -0.496 e. The first-order valence-electron chi connectivity index (χ1n) is 6.27. The van der Waals surface area contributed by atoms with Crippen LogP contribution < -0.4 is 15.8 Å². The van der Waals surface area contributed by atoms with Crippen LogP contribution in [-0.4, -0.2) is 12.9 Å². The first kappa shape index (κ1) is 14.9. The fourth-order valence-corrected chi connectivity index (χ4v) is 2.93. The third-order valence-electron chi connectivity index (χ3n) is 3.01. The van der Waals surface area contributed by atoms with Crippen molar-refractivity contribution in [3.05, 3.63) is 40.3 Å². The van der Waals surface area contributed by atoms with Gasteiger partial charge in [0.2, 0.25) is 0 Å². The number of nitrogens with zero attached hydrogens (tertiary/aromatic N) is 1. The normalized spacial score (nSPS) is 9.95. The molecule has 0 amide bonds. The maximum Gasteiger partial charge on any atom is 0.171 e. The summed E-state index contributed by atoms with van der Waals surface area (Å²) in [4.78, 5) is 11.9. The highest BCUT2D eigenvalue weighted by Crippen LogP contribution is 2.36. The van der Waals surface area contributed by atoms with Crippen molar-refractivity contribution in [1.82, 2.24) is 0 Å². The van der Waals surface area contributed by atoms with Gasteiger partial charge in [-0.2, -0.15) is 5.26 Å². The van der Waals surface area contributed by atoms with Gasteiger partial charge in [-0.3, -0.25) is 4.79 Å². The summed E-state index contributed by atoms with van der Waals surface area (Å²) in [6.07, 6.45) is 0. The van der Waals surface area contributed by atoms with E-state index in [0.29, 0.717) is 22.0 Å². The summed E-state index contributed by atoms with van der Waals surface area (Å²) in [5.74, 6) is 0.624. The number of benzene rings is 1. The van der Waals surface area contributed by atoms with E-state index in [9.17, 15) is 10.1 Å². The number of thiophene rings is 1. The quantitative estimate of drug-likeness (QED) is 0.829. The highest BCUT2D eigenvalue weighted by molar-refractivity contribution is 7.18. The summed E-state index contributed by atoms with van der Waals surface area (Å²) in [5, 5.41) is 13.0. The Labute approximate surface area is 127 Å². The molecule has 2 aromatic rings. The van der Waals surface area contributed by atoms with Crippen LogP contribution in [-0.2, 0) is 6.54 Å². The van der Waals surface area contributed by atoms with E-state index in [-0.39, 0.29) is 11.5 Å². The van der Waals surface area contributed by atoms with Crippen molar-refractivity contribution in [1.29, 1.82) is 5.26 Å². The van der Waals surface area contributed by atoms with E-state index < -0.39 is 0 Å². The van der Waals surface area contributed by atoms with Crippen molar-refractivity contribution in [2.24, 2.45) is 0 Å². The number of methoxy groups -OCH3 is 1. The number of hydrogen-bond donors (Lipinski definition) is 2. The van der Waals surface area contributed by atoms with Crippen molar-refractivity contribution in [3.63, 3.8) is 0 Å². The van der Waals surface area contributed by atoms with E-state index in [0.717, 1.165) is 11.3 Å². The number of anilines is 2. The van der Waals surface area contributed by atoms with Crippen LogP contribution in [0.1, 0.15) is 27.7 Å². The van der Waals surface area contributed by atoms with Crippen molar-refractivity contribution in [3.8, 4) is 11.8 Å². The molecule has 0 saturated heterocycles. The summed E-state index contributed by atoms with van der Waals surface area (Å²) < 4.78 is 5.28. The number of para-hydroxylation sites is 1. The first-order chi connectivity index (χ1) is 10.1. The molecule has 1 heterocycles. The smallest absolute Gasteiger partial charge is 0.171 e. The van der Waals surface area contributed by atoms with E-state index in [1.54, 1.807) is 7.11 Å². The summed E-state index contributed by atoms with van der Waals surface area (Å²) in [6.45, 7) is 1.92. The van der Waals surface area contributed by atoms with Crippen LogP contribution in [0.3, 0.4) is 0 Å². The molecule has 0 aliphatic rings. The van der Waals surface area contributed by atoms with Crippen LogP contribution in [0.15, 0.2) is 24.3 Å². The molecule has 0 aliphatic carbocycles. The lowest BCUT2D eigenvalue weighted by atomic mass is 10.2. The molecule has 6 heteroatoms. The zero-order chi connectivity index (χ0) is 15.4. The molecule has 2 rings (SSSR count). The number of rotatable bonds is 5. The summed E-state index contributed by atoms with van der Waals surface area (Å²) >= 11 is 1.20. The van der Waals surface area contributed by atoms with Crippen LogP contribution in [0.2, 0.25) is 0 Å². The second-order valence-corrected chi connectivity index (χ2v) is 5.40. The Morgan fingerprint density at radius 3 is 2.81 bits per heavy atom. The fraction of sp³-hybridized carbons (Fsp3) is 0.200. The zero-order valence-corrected chi connectivity index (χ0v) is 12.6. The van der Waals surface area contributed by atoms with Gasteiger partial charge in [-0.25, -0.2) is 0 Å². The van der Waals surface area contributed by atoms with Crippen molar-refractivity contribution in [2.45, 2.75) is 13.5 Å². The monoisotopic (exact) mass is 301 g/mol. The van der Waals surface area contributed by atoms with Gasteiger partial charge in [0, 0.05) is 19.0 Å². The molecule has 5 nitrogen and oxygen atoms in total. The molecule has 1 aromatic carbocycles. The van der Waals surface area contributed by atoms with Gasteiger partial charge in [-0.05, 0) is 6.07 Å². The number of carbonyl (C=O) groups excluding carboxylic acids is 1. The predicted octanol–water partition coefficient (Wildman–Crippen LogP) is 3.03. The molecule has 0 atom stereocenters. The van der Waals surface area contributed by atoms with E-state index in [1.807, 2.05) is 30.3 Å². The molecular formula is C15H15N3O2S. The molecule has 0 fully saturated rings. The number of nitriles is 1. The standard InChI is InChI=1S/C15H15N3O2S/c1-9(19)14-13(17)11(7-16)15(21-14)18-8-10-5-3-4-6-12(10)20-2/h3-6,18H,8,17H2,1-2H3. The third-order valence-corrected chi connectivity index (χ3v) is 4.27. The predicted molar refractivity (Wildman–Crippen MR) is 83.8 cm³/mol. The number of ether oxygens (including phenoxy) is 1. The van der Waals surface area contributed by atoms with Crippen molar-refractivity contribution < 1.29 is 9.53 Å². The molecule has 0 unspecified atom stereocenters. The highest BCUT2D eigenvalue weighted by atomic mass is 32.1. The molecule has 21 heavy (non-hydrogen) atoms. The molecule has 0 radical (unpaired) electrons. The fourth-order valence-electron chi connectivity index (χ4n) is 1.97. The third kappa shape index (κ3) is 2.98. The second kappa shape index (κ2) is 6.29. The number of nitrogens with two attached hydrogens (primary N) is 1. The highest BCUT2D eigenvalue weighted by Gasteiger charge is 2.18. The van der Waals surface area contributed by atoms with Crippen LogP contribution >= 0.6 is 11.3 Å². The number of nitrogens with one attached hydrogen (secondary N) is 1. The van der Waals surface area contributed by atoms with Crippen LogP contribution in [0.4, 0.5) is 10.7 Å². The molecule has 0 saturated carbocycles. The molecule has 3 N–H and O–H groups in total. The van der Waals surface area contributed by atoms with Crippen molar-refractivity contribution in [2.75, 3.05) is 18.2 Å². The second-order valence-electron chi connectivity index (χ2n) is 4.38. The topological polar surface area (TPSA) is 88.1 Å². The molecule has 108 valence electrons. The van der Waals surface area contributed by atoms with E-state index >= 15 is 0 Å². The van der Waals surface area contributed by atoms with Crippen LogP contribution in [0, 0.1) is 11.3 Å². The van der Waals surface area contributed by atoms with Gasteiger partial charge in [0.25, 0.3) is 0 Å². The van der Waals surface area contributed by atoms with E-state index in [1.165, 1.54) is 18.3 Å². The molecule has 0 spiro atoms. The van der Waals surface area contributed by atoms with Gasteiger partial charge in [0.1, 0.15) is 22.4 Å². The van der Waals surface area contributed by atoms with E-state index in [4.69, 9.17) is 10.5 Å². The lowest BCUT2D eigenvalue weighted by Crippen LogP contribution is -2.01. The van der Waals surface area contributed by atoms with Gasteiger partial charge in [0.15, 0.2) is 5.78 Å². The lowest BCUT2D eigenvalue weighted by Gasteiger charge is -2.09. The maximum absolute atomic E-state index is 11.5. The molecule has 1 aromatic heterocycles. The van der Waals surface area contributed by atoms with E-state index in [2.05, 4.69) is 5.32 Å². The number of nitrogen functional groups attached to an aromatic ring is 1. The summed E-state index contributed by atoms with van der Waals surface area (Å²) in [6, 6.07) is 9.64. The Bertz CT molecular complexity index is 716. The lowest BCUT2D eigenvalue weighted by molar-refractivity contribution is 0.102. The van der Waals surface area contributed by atoms with Gasteiger partial charge in [-0.15, -0.1) is 11.3 Å². The largest absolute Gasteiger partial charge is 0.496 e. The summed E-state index contributed by atoms with van der Waals surface area (Å²) in [5.41, 5.74) is 7.37. The molecule has 0 bridgehead atoms. The SMILES string of the molecule is COc1ccccc1CNc1sc(C(C)=O)c(N)c1C#N. The number of Topliss-reactive ketones (excluding diaryl/α,β-unsaturated/α-hetero) is 1. The Morgan fingerprint density at radius 2 is 2.19 bits per heavy atom. The number of hydrogen-bond acceptors (Lipinski definition) is 6.